The molecule has 0 spiro atoms. The van der Waals surface area contributed by atoms with Crippen LogP contribution in [0.3, 0.4) is 0 Å². The van der Waals surface area contributed by atoms with Crippen LogP contribution in [0, 0.1) is 0 Å². The number of nitrogens with zero attached hydrogens (tertiary/aromatic N) is 1. The maximum Gasteiger partial charge on any atom is 0.290 e. The van der Waals surface area contributed by atoms with Gasteiger partial charge in [-0.2, -0.15) is 0 Å². The molecule has 5 nitrogen and oxygen atoms in total. The van der Waals surface area contributed by atoms with Crippen molar-refractivity contribution in [3.8, 4) is 17.0 Å². The van der Waals surface area contributed by atoms with Crippen molar-refractivity contribution in [2.75, 3.05) is 7.11 Å². The van der Waals surface area contributed by atoms with Crippen molar-refractivity contribution in [3.05, 3.63) is 72.0 Å². The van der Waals surface area contributed by atoms with Gasteiger partial charge in [-0.15, -0.1) is 0 Å². The zero-order valence-electron chi connectivity index (χ0n) is 12.7. The minimum atomic E-state index is -0.314. The van der Waals surface area contributed by atoms with E-state index >= 15 is 0 Å². The van der Waals surface area contributed by atoms with Crippen LogP contribution in [0.5, 0.6) is 5.75 Å². The molecule has 3 rings (SSSR count). The minimum Gasteiger partial charge on any atom is -0.496 e. The number of methoxy groups -OCH3 is 1. The Kier molecular flexibility index (Phi) is 4.38. The molecule has 1 heterocycles. The fourth-order valence-electron chi connectivity index (χ4n) is 2.24. The summed E-state index contributed by atoms with van der Waals surface area (Å²) in [6.45, 7) is 0.351. The van der Waals surface area contributed by atoms with Crippen molar-refractivity contribution < 1.29 is 14.1 Å². The number of carbonyl (C=O) groups excluding carboxylic acids is 1. The Bertz CT molecular complexity index is 797. The highest BCUT2D eigenvalue weighted by atomic mass is 16.5. The van der Waals surface area contributed by atoms with Gasteiger partial charge in [-0.25, -0.2) is 0 Å². The molecule has 0 radical (unpaired) electrons. The van der Waals surface area contributed by atoms with E-state index in [0.29, 0.717) is 12.2 Å². The predicted octanol–water partition coefficient (Wildman–Crippen LogP) is 3.28. The van der Waals surface area contributed by atoms with E-state index in [9.17, 15) is 4.79 Å². The van der Waals surface area contributed by atoms with Crippen molar-refractivity contribution in [1.82, 2.24) is 10.5 Å². The van der Waals surface area contributed by atoms with Crippen molar-refractivity contribution in [2.24, 2.45) is 0 Å². The molecule has 3 aromatic rings. The quantitative estimate of drug-likeness (QED) is 0.785. The molecule has 1 N–H and O–H groups in total. The molecule has 2 aromatic carbocycles. The van der Waals surface area contributed by atoms with Crippen LogP contribution >= 0.6 is 0 Å². The second-order valence-corrected chi connectivity index (χ2v) is 4.94. The first kappa shape index (κ1) is 14.8. The number of ether oxygens (including phenoxy) is 1. The highest BCUT2D eigenvalue weighted by Crippen LogP contribution is 2.19. The van der Waals surface area contributed by atoms with E-state index in [0.717, 1.165) is 16.9 Å². The molecule has 23 heavy (non-hydrogen) atoms. The summed E-state index contributed by atoms with van der Waals surface area (Å²) >= 11 is 0. The fraction of sp³-hybridized carbons (Fsp3) is 0.111. The number of carbonyl (C=O) groups is 1. The van der Waals surface area contributed by atoms with Gasteiger partial charge in [-0.1, -0.05) is 53.7 Å². The molecule has 0 unspecified atom stereocenters. The van der Waals surface area contributed by atoms with Gasteiger partial charge < -0.3 is 14.6 Å². The summed E-state index contributed by atoms with van der Waals surface area (Å²) in [5.41, 5.74) is 2.43. The molecular formula is C18H16N2O3. The Hall–Kier alpha value is -3.08. The number of benzene rings is 2. The summed E-state index contributed by atoms with van der Waals surface area (Å²) in [6, 6.07) is 18.7. The lowest BCUT2D eigenvalue weighted by Gasteiger charge is -2.08. The summed E-state index contributed by atoms with van der Waals surface area (Å²) in [6.07, 6.45) is 0. The van der Waals surface area contributed by atoms with Crippen molar-refractivity contribution in [3.63, 3.8) is 0 Å². The molecule has 0 fully saturated rings. The standard InChI is InChI=1S/C18H16N2O3/c1-22-16-10-6-5-9-14(16)12-19-18(21)17-11-15(20-23-17)13-7-3-2-4-8-13/h2-11H,12H2,1H3,(H,19,21). The Morgan fingerprint density at radius 3 is 2.65 bits per heavy atom. The van der Waals surface area contributed by atoms with Gasteiger partial charge >= 0.3 is 0 Å². The third-order valence-electron chi connectivity index (χ3n) is 3.44. The predicted molar refractivity (Wildman–Crippen MR) is 86.1 cm³/mol. The minimum absolute atomic E-state index is 0.179. The highest BCUT2D eigenvalue weighted by Gasteiger charge is 2.14. The molecule has 0 aliphatic rings. The first-order valence-corrected chi connectivity index (χ1v) is 7.20. The van der Waals surface area contributed by atoms with Gasteiger partial charge in [-0.05, 0) is 6.07 Å². The fourth-order valence-corrected chi connectivity index (χ4v) is 2.24. The van der Waals surface area contributed by atoms with E-state index in [-0.39, 0.29) is 11.7 Å². The number of amides is 1. The summed E-state index contributed by atoms with van der Waals surface area (Å²) in [7, 11) is 1.60. The number of hydrogen-bond acceptors (Lipinski definition) is 4. The van der Waals surface area contributed by atoms with Gasteiger partial charge in [0, 0.05) is 23.7 Å². The molecule has 0 bridgehead atoms. The van der Waals surface area contributed by atoms with Crippen LogP contribution in [0.4, 0.5) is 0 Å². The molecule has 0 atom stereocenters. The zero-order chi connectivity index (χ0) is 16.1. The molecule has 1 aromatic heterocycles. The van der Waals surface area contributed by atoms with E-state index in [1.165, 1.54) is 0 Å². The molecule has 5 heteroatoms. The Labute approximate surface area is 133 Å². The van der Waals surface area contributed by atoms with Crippen LogP contribution in [-0.2, 0) is 6.54 Å². The average Bonchev–Trinajstić information content (AvgIpc) is 3.11. The molecular weight excluding hydrogens is 292 g/mol. The monoisotopic (exact) mass is 308 g/mol. The van der Waals surface area contributed by atoms with Crippen molar-refractivity contribution in [2.45, 2.75) is 6.54 Å². The van der Waals surface area contributed by atoms with Crippen molar-refractivity contribution in [1.29, 1.82) is 0 Å². The summed E-state index contributed by atoms with van der Waals surface area (Å²) in [5.74, 6) is 0.597. The third kappa shape index (κ3) is 3.40. The summed E-state index contributed by atoms with van der Waals surface area (Å²) in [4.78, 5) is 12.2. The number of hydrogen-bond donors (Lipinski definition) is 1. The second kappa shape index (κ2) is 6.79. The van der Waals surface area contributed by atoms with Gasteiger partial charge in [0.15, 0.2) is 0 Å². The van der Waals surface area contributed by atoms with Crippen LogP contribution in [0.25, 0.3) is 11.3 Å². The highest BCUT2D eigenvalue weighted by molar-refractivity contribution is 5.92. The molecule has 1 amide bonds. The lowest BCUT2D eigenvalue weighted by molar-refractivity contribution is 0.0914. The van der Waals surface area contributed by atoms with Crippen LogP contribution in [0.15, 0.2) is 65.2 Å². The maximum absolute atomic E-state index is 12.2. The van der Waals surface area contributed by atoms with E-state index in [1.807, 2.05) is 54.6 Å². The Morgan fingerprint density at radius 2 is 1.87 bits per heavy atom. The lowest BCUT2D eigenvalue weighted by atomic mass is 10.1. The lowest BCUT2D eigenvalue weighted by Crippen LogP contribution is -2.22. The SMILES string of the molecule is COc1ccccc1CNC(=O)c1cc(-c2ccccc2)no1. The zero-order valence-corrected chi connectivity index (χ0v) is 12.7. The van der Waals surface area contributed by atoms with Crippen LogP contribution in [0.1, 0.15) is 16.1 Å². The Morgan fingerprint density at radius 1 is 1.13 bits per heavy atom. The average molecular weight is 308 g/mol. The van der Waals surface area contributed by atoms with Crippen LogP contribution < -0.4 is 10.1 Å². The number of rotatable bonds is 5. The first-order chi connectivity index (χ1) is 11.3. The van der Waals surface area contributed by atoms with Gasteiger partial charge in [0.2, 0.25) is 5.76 Å². The van der Waals surface area contributed by atoms with Gasteiger partial charge in [-0.3, -0.25) is 4.79 Å². The van der Waals surface area contributed by atoms with Crippen LogP contribution in [0.2, 0.25) is 0 Å². The molecule has 0 saturated carbocycles. The maximum atomic E-state index is 12.2. The van der Waals surface area contributed by atoms with E-state index < -0.39 is 0 Å². The van der Waals surface area contributed by atoms with Crippen LogP contribution in [-0.4, -0.2) is 18.2 Å². The normalized spacial score (nSPS) is 10.3. The van der Waals surface area contributed by atoms with Crippen molar-refractivity contribution >= 4 is 5.91 Å². The smallest absolute Gasteiger partial charge is 0.290 e. The number of para-hydroxylation sites is 1. The molecule has 0 aliphatic carbocycles. The molecule has 0 saturated heterocycles. The largest absolute Gasteiger partial charge is 0.496 e. The number of aromatic nitrogens is 1. The first-order valence-electron chi connectivity index (χ1n) is 7.20. The van der Waals surface area contributed by atoms with Gasteiger partial charge in [0.25, 0.3) is 5.91 Å². The summed E-state index contributed by atoms with van der Waals surface area (Å²) < 4.78 is 10.4. The van der Waals surface area contributed by atoms with E-state index in [1.54, 1.807) is 13.2 Å². The van der Waals surface area contributed by atoms with Gasteiger partial charge in [0.05, 0.1) is 7.11 Å². The van der Waals surface area contributed by atoms with Gasteiger partial charge in [0.1, 0.15) is 11.4 Å². The molecule has 0 aliphatic heterocycles. The third-order valence-corrected chi connectivity index (χ3v) is 3.44. The molecule has 116 valence electrons. The Balaban J connectivity index is 1.68. The summed E-state index contributed by atoms with van der Waals surface area (Å²) in [5, 5.41) is 6.74. The topological polar surface area (TPSA) is 64.4 Å². The number of nitrogens with one attached hydrogen (secondary N) is 1. The second-order valence-electron chi connectivity index (χ2n) is 4.94. The van der Waals surface area contributed by atoms with E-state index in [2.05, 4.69) is 10.5 Å². The van der Waals surface area contributed by atoms with E-state index in [4.69, 9.17) is 9.26 Å².